The molecular formula is C31H26ClF4N3O3. The van der Waals surface area contributed by atoms with Crippen LogP contribution in [0.5, 0.6) is 0 Å². The molecule has 0 aliphatic carbocycles. The third-order valence-electron chi connectivity index (χ3n) is 6.35. The van der Waals surface area contributed by atoms with Crippen molar-refractivity contribution in [3.05, 3.63) is 112 Å². The fourth-order valence-electron chi connectivity index (χ4n) is 4.34. The van der Waals surface area contributed by atoms with Crippen LogP contribution in [0.25, 0.3) is 11.1 Å². The van der Waals surface area contributed by atoms with Crippen molar-refractivity contribution >= 4 is 40.7 Å². The van der Waals surface area contributed by atoms with Gasteiger partial charge in [0.05, 0.1) is 23.4 Å². The third-order valence-corrected chi connectivity index (χ3v) is 6.58. The topological polar surface area (TPSA) is 81.7 Å². The van der Waals surface area contributed by atoms with Crippen molar-refractivity contribution < 1.29 is 32.3 Å². The number of nitrogens with zero attached hydrogens (tertiary/aromatic N) is 1. The molecule has 0 radical (unpaired) electrons. The Morgan fingerprint density at radius 1 is 0.929 bits per heavy atom. The van der Waals surface area contributed by atoms with Crippen molar-refractivity contribution in [3.63, 3.8) is 0 Å². The van der Waals surface area contributed by atoms with Gasteiger partial charge in [-0.2, -0.15) is 13.2 Å². The number of nitrogens with one attached hydrogen (secondary N) is 2. The van der Waals surface area contributed by atoms with E-state index in [4.69, 9.17) is 11.6 Å². The van der Waals surface area contributed by atoms with Gasteiger partial charge < -0.3 is 20.6 Å². The van der Waals surface area contributed by atoms with Crippen molar-refractivity contribution in [3.8, 4) is 11.1 Å². The van der Waals surface area contributed by atoms with Gasteiger partial charge in [-0.1, -0.05) is 47.5 Å². The van der Waals surface area contributed by atoms with E-state index < -0.39 is 37.0 Å². The zero-order chi connectivity index (χ0) is 30.4. The van der Waals surface area contributed by atoms with Crippen molar-refractivity contribution in [1.82, 2.24) is 0 Å². The molecule has 0 aliphatic rings. The van der Waals surface area contributed by atoms with E-state index in [9.17, 15) is 32.3 Å². The van der Waals surface area contributed by atoms with Crippen LogP contribution >= 0.6 is 11.6 Å². The smallest absolute Gasteiger partial charge is 0.390 e. The summed E-state index contributed by atoms with van der Waals surface area (Å²) in [5.74, 6) is -1.98. The summed E-state index contributed by atoms with van der Waals surface area (Å²) in [5.41, 5.74) is 2.47. The number of carbonyl (C=O) groups excluding carboxylic acids is 1. The average Bonchev–Trinajstić information content (AvgIpc) is 2.92. The molecule has 0 saturated heterocycles. The molecule has 0 aromatic heterocycles. The van der Waals surface area contributed by atoms with Crippen molar-refractivity contribution in [1.29, 1.82) is 0 Å². The van der Waals surface area contributed by atoms with Crippen LogP contribution < -0.4 is 15.5 Å². The lowest BCUT2D eigenvalue weighted by Crippen LogP contribution is -2.29. The Morgan fingerprint density at radius 2 is 1.67 bits per heavy atom. The van der Waals surface area contributed by atoms with Crippen molar-refractivity contribution in [2.45, 2.75) is 26.1 Å². The van der Waals surface area contributed by atoms with Crippen LogP contribution in [0.2, 0.25) is 5.02 Å². The molecule has 6 nitrogen and oxygen atoms in total. The van der Waals surface area contributed by atoms with Gasteiger partial charge >= 0.3 is 18.2 Å². The molecule has 0 spiro atoms. The molecule has 3 N–H and O–H groups in total. The minimum atomic E-state index is -4.46. The Kier molecular flexibility index (Phi) is 9.37. The minimum Gasteiger partial charge on any atom is -0.478 e. The molecule has 0 aliphatic heterocycles. The number of anilines is 3. The molecule has 0 atom stereocenters. The highest BCUT2D eigenvalue weighted by Crippen LogP contribution is 2.36. The second kappa shape index (κ2) is 12.9. The summed E-state index contributed by atoms with van der Waals surface area (Å²) in [4.78, 5) is 26.3. The fourth-order valence-corrected chi connectivity index (χ4v) is 4.56. The Balaban J connectivity index is 1.79. The Bertz CT molecular complexity index is 1590. The Morgan fingerprint density at radius 3 is 2.33 bits per heavy atom. The average molecular weight is 600 g/mol. The van der Waals surface area contributed by atoms with E-state index in [0.717, 1.165) is 23.8 Å². The maximum atomic E-state index is 14.2. The second-order valence-electron chi connectivity index (χ2n) is 9.59. The van der Waals surface area contributed by atoms with E-state index in [1.807, 2.05) is 6.92 Å². The fraction of sp³-hybridized carbons (Fsp3) is 0.161. The van der Waals surface area contributed by atoms with E-state index in [1.54, 1.807) is 48.5 Å². The van der Waals surface area contributed by atoms with Crippen LogP contribution in [0.15, 0.2) is 84.9 Å². The first-order valence-electron chi connectivity index (χ1n) is 12.8. The SMILES string of the molecule is Cc1ccc(NC(=O)Nc2cc(-c3cc(F)ccc3C(=O)O)ccc2N(CCC(F)(F)F)Cc2cccc(Cl)c2)cc1. The number of carbonyl (C=O) groups is 2. The first-order chi connectivity index (χ1) is 19.9. The molecule has 4 aromatic carbocycles. The number of hydrogen-bond donors (Lipinski definition) is 3. The van der Waals surface area contributed by atoms with Gasteiger partial charge in [0.1, 0.15) is 5.82 Å². The molecule has 42 heavy (non-hydrogen) atoms. The van der Waals surface area contributed by atoms with Crippen LogP contribution in [0.4, 0.5) is 39.4 Å². The standard InChI is InChI=1S/C31H26ClF4N3O3/c1-19-5-9-24(10-6-19)37-30(42)38-27-16-21(26-17-23(33)8-11-25(26)29(40)41)7-12-28(27)39(14-13-31(34,35)36)18-20-3-2-4-22(32)15-20/h2-12,15-17H,13-14,18H2,1H3,(H,40,41)(H2,37,38,42). The summed E-state index contributed by atoms with van der Waals surface area (Å²) in [6, 6.07) is 20.4. The summed E-state index contributed by atoms with van der Waals surface area (Å²) in [5, 5.41) is 15.4. The summed E-state index contributed by atoms with van der Waals surface area (Å²) < 4.78 is 54.2. The molecule has 0 saturated carbocycles. The van der Waals surface area contributed by atoms with Gasteiger partial charge in [-0.05, 0) is 78.2 Å². The highest BCUT2D eigenvalue weighted by Gasteiger charge is 2.29. The number of carboxylic acid groups (broad SMARTS) is 1. The summed E-state index contributed by atoms with van der Waals surface area (Å²) >= 11 is 6.11. The van der Waals surface area contributed by atoms with Crippen LogP contribution in [0, 0.1) is 12.7 Å². The van der Waals surface area contributed by atoms with E-state index in [-0.39, 0.29) is 34.6 Å². The molecule has 0 heterocycles. The number of aryl methyl sites for hydroxylation is 1. The lowest BCUT2D eigenvalue weighted by atomic mass is 9.98. The molecule has 4 rings (SSSR count). The Hall–Kier alpha value is -4.57. The van der Waals surface area contributed by atoms with Crippen molar-refractivity contribution in [2.24, 2.45) is 0 Å². The molecule has 0 unspecified atom stereocenters. The summed E-state index contributed by atoms with van der Waals surface area (Å²) in [7, 11) is 0. The van der Waals surface area contributed by atoms with E-state index in [0.29, 0.717) is 16.3 Å². The second-order valence-corrected chi connectivity index (χ2v) is 10.0. The highest BCUT2D eigenvalue weighted by atomic mass is 35.5. The predicted molar refractivity (Wildman–Crippen MR) is 156 cm³/mol. The zero-order valence-electron chi connectivity index (χ0n) is 22.3. The summed E-state index contributed by atoms with van der Waals surface area (Å²) in [6.07, 6.45) is -5.60. The van der Waals surface area contributed by atoms with E-state index in [1.165, 1.54) is 23.1 Å². The highest BCUT2D eigenvalue weighted by molar-refractivity contribution is 6.30. The maximum Gasteiger partial charge on any atom is 0.390 e. The van der Waals surface area contributed by atoms with Gasteiger partial charge in [-0.25, -0.2) is 14.0 Å². The lowest BCUT2D eigenvalue weighted by molar-refractivity contribution is -0.132. The first-order valence-corrected chi connectivity index (χ1v) is 13.1. The molecular weight excluding hydrogens is 574 g/mol. The number of carboxylic acids is 1. The quantitative estimate of drug-likeness (QED) is 0.168. The molecule has 0 bridgehead atoms. The maximum absolute atomic E-state index is 14.2. The minimum absolute atomic E-state index is 0.0184. The number of alkyl halides is 3. The number of amides is 2. The lowest BCUT2D eigenvalue weighted by Gasteiger charge is -2.28. The first kappa shape index (κ1) is 30.4. The van der Waals surface area contributed by atoms with Gasteiger partial charge in [-0.3, -0.25) is 0 Å². The molecule has 218 valence electrons. The van der Waals surface area contributed by atoms with Gasteiger partial charge in [0, 0.05) is 23.8 Å². The van der Waals surface area contributed by atoms with E-state index >= 15 is 0 Å². The van der Waals surface area contributed by atoms with Crippen LogP contribution in [-0.2, 0) is 6.54 Å². The number of hydrogen-bond acceptors (Lipinski definition) is 3. The summed E-state index contributed by atoms with van der Waals surface area (Å²) in [6.45, 7) is 1.45. The van der Waals surface area contributed by atoms with E-state index in [2.05, 4.69) is 10.6 Å². The predicted octanol–water partition coefficient (Wildman–Crippen LogP) is 8.76. The molecule has 0 fully saturated rings. The number of aromatic carboxylic acids is 1. The normalized spacial score (nSPS) is 11.2. The van der Waals surface area contributed by atoms with Crippen LogP contribution in [0.3, 0.4) is 0 Å². The van der Waals surface area contributed by atoms with Crippen LogP contribution in [-0.4, -0.2) is 29.8 Å². The Labute approximate surface area is 244 Å². The monoisotopic (exact) mass is 599 g/mol. The molecule has 4 aromatic rings. The van der Waals surface area contributed by atoms with Crippen LogP contribution in [0.1, 0.15) is 27.9 Å². The van der Waals surface area contributed by atoms with Gasteiger partial charge in [0.15, 0.2) is 0 Å². The number of halogens is 5. The zero-order valence-corrected chi connectivity index (χ0v) is 23.1. The third kappa shape index (κ3) is 8.23. The van der Waals surface area contributed by atoms with Gasteiger partial charge in [0.25, 0.3) is 0 Å². The number of rotatable bonds is 9. The largest absolute Gasteiger partial charge is 0.478 e. The number of urea groups is 1. The molecule has 2 amide bonds. The van der Waals surface area contributed by atoms with Gasteiger partial charge in [-0.15, -0.1) is 0 Å². The van der Waals surface area contributed by atoms with Crippen molar-refractivity contribution in [2.75, 3.05) is 22.1 Å². The molecule has 11 heteroatoms. The van der Waals surface area contributed by atoms with Gasteiger partial charge in [0.2, 0.25) is 0 Å². The number of benzene rings is 4.